The van der Waals surface area contributed by atoms with Gasteiger partial charge in [0, 0.05) is 24.7 Å². The number of aromatic nitrogens is 1. The summed E-state index contributed by atoms with van der Waals surface area (Å²) in [6.45, 7) is 7.22. The Hall–Kier alpha value is -2.51. The summed E-state index contributed by atoms with van der Waals surface area (Å²) in [5, 5.41) is 0.917. The number of ether oxygens (including phenoxy) is 3. The Morgan fingerprint density at radius 3 is 2.80 bits per heavy atom. The second kappa shape index (κ2) is 8.32. The minimum absolute atomic E-state index is 0.108. The van der Waals surface area contributed by atoms with E-state index >= 15 is 0 Å². The highest BCUT2D eigenvalue weighted by molar-refractivity contribution is 5.97. The molecule has 1 saturated heterocycles. The smallest absolute Gasteiger partial charge is 0.309 e. The topological polar surface area (TPSA) is 78.0 Å². The molecule has 0 N–H and O–H groups in total. The van der Waals surface area contributed by atoms with Gasteiger partial charge in [-0.25, -0.2) is 0 Å². The van der Waals surface area contributed by atoms with Gasteiger partial charge in [-0.05, 0) is 45.2 Å². The van der Waals surface area contributed by atoms with E-state index < -0.39 is 5.79 Å². The molecule has 1 aliphatic carbocycles. The fourth-order valence-corrected chi connectivity index (χ4v) is 3.98. The first-order valence-electron chi connectivity index (χ1n) is 10.5. The number of hydrogen-bond acceptors (Lipinski definition) is 6. The van der Waals surface area contributed by atoms with E-state index in [1.807, 2.05) is 44.2 Å². The summed E-state index contributed by atoms with van der Waals surface area (Å²) in [4.78, 5) is 31.6. The van der Waals surface area contributed by atoms with Gasteiger partial charge in [-0.2, -0.15) is 0 Å². The van der Waals surface area contributed by atoms with Gasteiger partial charge in [0.1, 0.15) is 6.10 Å². The van der Waals surface area contributed by atoms with Crippen LogP contribution < -0.4 is 0 Å². The highest BCUT2D eigenvalue weighted by Gasteiger charge is 2.46. The Bertz CT molecular complexity index is 944. The highest BCUT2D eigenvalue weighted by Crippen LogP contribution is 2.40. The molecule has 160 valence electrons. The summed E-state index contributed by atoms with van der Waals surface area (Å²) >= 11 is 0. The quantitative estimate of drug-likeness (QED) is 0.651. The van der Waals surface area contributed by atoms with Gasteiger partial charge in [0.05, 0.1) is 30.2 Å². The van der Waals surface area contributed by atoms with Crippen molar-refractivity contribution >= 4 is 22.8 Å². The van der Waals surface area contributed by atoms with E-state index in [9.17, 15) is 9.59 Å². The molecular formula is C23H28N2O5. The molecule has 4 rings (SSSR count). The Morgan fingerprint density at radius 2 is 2.07 bits per heavy atom. The number of hydrogen-bond donors (Lipinski definition) is 0. The van der Waals surface area contributed by atoms with Crippen molar-refractivity contribution in [2.45, 2.75) is 39.1 Å². The predicted octanol–water partition coefficient (Wildman–Crippen LogP) is 3.03. The molecule has 2 aromatic rings. The summed E-state index contributed by atoms with van der Waals surface area (Å²) in [7, 11) is 0. The Balaban J connectivity index is 1.51. The average molecular weight is 412 g/mol. The zero-order valence-corrected chi connectivity index (χ0v) is 17.7. The predicted molar refractivity (Wildman–Crippen MR) is 111 cm³/mol. The van der Waals surface area contributed by atoms with Crippen molar-refractivity contribution in [2.75, 3.05) is 26.3 Å². The van der Waals surface area contributed by atoms with Crippen molar-refractivity contribution in [1.82, 2.24) is 9.88 Å². The van der Waals surface area contributed by atoms with Gasteiger partial charge < -0.3 is 19.1 Å². The Morgan fingerprint density at radius 1 is 1.27 bits per heavy atom. The first-order valence-corrected chi connectivity index (χ1v) is 10.5. The summed E-state index contributed by atoms with van der Waals surface area (Å²) in [5.41, 5.74) is 1.37. The Labute approximate surface area is 176 Å². The molecule has 2 fully saturated rings. The van der Waals surface area contributed by atoms with Crippen LogP contribution in [0.15, 0.2) is 36.5 Å². The maximum atomic E-state index is 13.4. The van der Waals surface area contributed by atoms with Crippen molar-refractivity contribution in [3.8, 4) is 0 Å². The van der Waals surface area contributed by atoms with Crippen LogP contribution in [0.25, 0.3) is 10.9 Å². The maximum absolute atomic E-state index is 13.4. The highest BCUT2D eigenvalue weighted by atomic mass is 16.7. The summed E-state index contributed by atoms with van der Waals surface area (Å²) in [6, 6.07) is 9.57. The second-order valence-corrected chi connectivity index (χ2v) is 8.43. The van der Waals surface area contributed by atoms with E-state index in [2.05, 4.69) is 4.98 Å². The van der Waals surface area contributed by atoms with Crippen LogP contribution in [0.4, 0.5) is 0 Å². The molecule has 2 aliphatic rings. The third-order valence-corrected chi connectivity index (χ3v) is 5.58. The minimum atomic E-state index is -0.656. The van der Waals surface area contributed by atoms with Crippen LogP contribution in [0.3, 0.4) is 0 Å². The Kier molecular flexibility index (Phi) is 5.75. The van der Waals surface area contributed by atoms with Crippen molar-refractivity contribution in [1.29, 1.82) is 0 Å². The maximum Gasteiger partial charge on any atom is 0.309 e. The van der Waals surface area contributed by atoms with Crippen molar-refractivity contribution < 1.29 is 23.8 Å². The van der Waals surface area contributed by atoms with Gasteiger partial charge in [-0.15, -0.1) is 0 Å². The van der Waals surface area contributed by atoms with E-state index in [0.29, 0.717) is 31.9 Å². The number of amides is 1. The van der Waals surface area contributed by atoms with E-state index in [1.165, 1.54) is 0 Å². The van der Waals surface area contributed by atoms with Gasteiger partial charge in [0.25, 0.3) is 5.91 Å². The van der Waals surface area contributed by atoms with Crippen molar-refractivity contribution in [2.24, 2.45) is 11.8 Å². The number of nitrogens with zero attached hydrogens (tertiary/aromatic N) is 2. The van der Waals surface area contributed by atoms with E-state index in [0.717, 1.165) is 17.3 Å². The van der Waals surface area contributed by atoms with Crippen LogP contribution in [0.2, 0.25) is 0 Å². The number of para-hydroxylation sites is 1. The van der Waals surface area contributed by atoms with Gasteiger partial charge >= 0.3 is 5.97 Å². The molecule has 1 aromatic heterocycles. The largest absolute Gasteiger partial charge is 0.466 e. The zero-order valence-electron chi connectivity index (χ0n) is 17.7. The zero-order chi connectivity index (χ0) is 21.3. The lowest BCUT2D eigenvalue weighted by atomic mass is 10.1. The first-order chi connectivity index (χ1) is 14.4. The molecule has 3 atom stereocenters. The van der Waals surface area contributed by atoms with E-state index in [1.54, 1.807) is 18.0 Å². The lowest BCUT2D eigenvalue weighted by Crippen LogP contribution is -2.40. The molecule has 30 heavy (non-hydrogen) atoms. The molecule has 7 nitrogen and oxygen atoms in total. The van der Waals surface area contributed by atoms with Crippen molar-refractivity contribution in [3.05, 3.63) is 42.1 Å². The van der Waals surface area contributed by atoms with Crippen LogP contribution in [0, 0.1) is 11.8 Å². The summed E-state index contributed by atoms with van der Waals surface area (Å²) in [6.07, 6.45) is 2.15. The summed E-state index contributed by atoms with van der Waals surface area (Å²) in [5.74, 6) is -0.972. The fraction of sp³-hybridized carbons (Fsp3) is 0.522. The van der Waals surface area contributed by atoms with Crippen LogP contribution in [-0.2, 0) is 19.0 Å². The molecule has 0 radical (unpaired) electrons. The van der Waals surface area contributed by atoms with Crippen LogP contribution >= 0.6 is 0 Å². The molecule has 2 heterocycles. The number of benzene rings is 1. The van der Waals surface area contributed by atoms with Crippen LogP contribution in [0.5, 0.6) is 0 Å². The molecule has 1 saturated carbocycles. The standard InChI is InChI=1S/C23H28N2O5/c1-4-28-22(27)19-10-17(19)12-25(13-18-14-29-23(2,3)30-18)21(26)16-9-15-7-5-6-8-20(15)24-11-16/h5-9,11,17-19H,4,10,12-14H2,1-3H3/t17-,18+,19-/m0/s1. The number of carbonyl (C=O) groups excluding carboxylic acids is 2. The van der Waals surface area contributed by atoms with Gasteiger partial charge in [0.2, 0.25) is 0 Å². The molecule has 0 unspecified atom stereocenters. The molecule has 7 heteroatoms. The molecule has 1 amide bonds. The molecule has 0 spiro atoms. The van der Waals surface area contributed by atoms with Crippen LogP contribution in [-0.4, -0.2) is 60.0 Å². The number of esters is 1. The molecule has 1 aliphatic heterocycles. The minimum Gasteiger partial charge on any atom is -0.466 e. The van der Waals surface area contributed by atoms with Crippen LogP contribution in [0.1, 0.15) is 37.6 Å². The normalized spacial score (nSPS) is 24.6. The first kappa shape index (κ1) is 20.8. The molecule has 0 bridgehead atoms. The van der Waals surface area contributed by atoms with Gasteiger partial charge in [-0.1, -0.05) is 18.2 Å². The lowest BCUT2D eigenvalue weighted by molar-refractivity contribution is -0.145. The van der Waals surface area contributed by atoms with E-state index in [-0.39, 0.29) is 29.8 Å². The van der Waals surface area contributed by atoms with Gasteiger partial charge in [0.15, 0.2) is 5.79 Å². The average Bonchev–Trinajstić information content (AvgIpc) is 3.41. The number of pyridine rings is 1. The molecular weight excluding hydrogens is 384 g/mol. The SMILES string of the molecule is CCOC(=O)[C@H]1C[C@H]1CN(C[C@@H]1COC(C)(C)O1)C(=O)c1cnc2ccccc2c1. The third-order valence-electron chi connectivity index (χ3n) is 5.58. The lowest BCUT2D eigenvalue weighted by Gasteiger charge is -2.26. The molecule has 1 aromatic carbocycles. The summed E-state index contributed by atoms with van der Waals surface area (Å²) < 4.78 is 16.7. The fourth-order valence-electron chi connectivity index (χ4n) is 3.98. The number of carbonyl (C=O) groups is 2. The van der Waals surface area contributed by atoms with E-state index in [4.69, 9.17) is 14.2 Å². The number of fused-ring (bicyclic) bond motifs is 1. The van der Waals surface area contributed by atoms with Crippen molar-refractivity contribution in [3.63, 3.8) is 0 Å². The second-order valence-electron chi connectivity index (χ2n) is 8.43. The third kappa shape index (κ3) is 4.63. The van der Waals surface area contributed by atoms with Gasteiger partial charge in [-0.3, -0.25) is 14.6 Å². The monoisotopic (exact) mass is 412 g/mol. The number of rotatable bonds is 7.